The third-order valence-corrected chi connectivity index (χ3v) is 8.44. The van der Waals surface area contributed by atoms with E-state index in [4.69, 9.17) is 4.42 Å². The van der Waals surface area contributed by atoms with Crippen LogP contribution in [0.15, 0.2) is 40.9 Å². The summed E-state index contributed by atoms with van der Waals surface area (Å²) in [7, 11) is 1.68. The number of alkyl halides is 2. The van der Waals surface area contributed by atoms with Gasteiger partial charge in [-0.15, -0.1) is 10.2 Å². The van der Waals surface area contributed by atoms with E-state index in [1.807, 2.05) is 32.0 Å². The monoisotopic (exact) mass is 580 g/mol. The predicted octanol–water partition coefficient (Wildman–Crippen LogP) is 5.27. The molecule has 0 radical (unpaired) electrons. The van der Waals surface area contributed by atoms with E-state index in [0.717, 1.165) is 38.2 Å². The van der Waals surface area contributed by atoms with Crippen molar-refractivity contribution in [1.29, 1.82) is 0 Å². The molecule has 224 valence electrons. The van der Waals surface area contributed by atoms with Crippen LogP contribution in [-0.2, 0) is 16.8 Å². The number of rotatable bonds is 9. The Bertz CT molecular complexity index is 1380. The van der Waals surface area contributed by atoms with Crippen molar-refractivity contribution < 1.29 is 22.8 Å². The molecule has 1 aliphatic heterocycles. The summed E-state index contributed by atoms with van der Waals surface area (Å²) >= 11 is 0. The number of pyridine rings is 1. The third-order valence-electron chi connectivity index (χ3n) is 8.44. The van der Waals surface area contributed by atoms with Crippen LogP contribution in [0.1, 0.15) is 79.9 Å². The van der Waals surface area contributed by atoms with Gasteiger partial charge in [-0.1, -0.05) is 19.3 Å². The molecule has 0 unspecified atom stereocenters. The molecule has 1 aromatic carbocycles. The Morgan fingerprint density at radius 3 is 2.45 bits per heavy atom. The summed E-state index contributed by atoms with van der Waals surface area (Å²) in [4.78, 5) is 36.7. The zero-order chi connectivity index (χ0) is 29.9. The maximum atomic E-state index is 13.7. The maximum Gasteiger partial charge on any atom is 0.314 e. The summed E-state index contributed by atoms with van der Waals surface area (Å²) in [6.45, 7) is 7.73. The Labute approximate surface area is 244 Å². The molecule has 0 atom stereocenters. The minimum atomic E-state index is -2.85. The molecule has 11 heteroatoms. The van der Waals surface area contributed by atoms with Gasteiger partial charge in [-0.05, 0) is 62.6 Å². The number of carbonyl (C=O) groups is 2. The zero-order valence-electron chi connectivity index (χ0n) is 24.4. The lowest BCUT2D eigenvalue weighted by molar-refractivity contribution is -0.111. The highest BCUT2D eigenvalue weighted by Gasteiger charge is 2.30. The highest BCUT2D eigenvalue weighted by atomic mass is 19.3. The molecule has 1 saturated heterocycles. The number of aldehydes is 1. The van der Waals surface area contributed by atoms with Gasteiger partial charge in [-0.25, -0.2) is 0 Å². The SMILES string of the molecule is CN(Cc1ccc(-c2nnc(C(F)F)o2)cn1)C(=O)c1ccc(N2CCN(C3CCCCC3)CC2)cc1C(C)(C)C=O. The minimum Gasteiger partial charge on any atom is -0.415 e. The molecule has 0 spiro atoms. The van der Waals surface area contributed by atoms with Gasteiger partial charge >= 0.3 is 6.43 Å². The van der Waals surface area contributed by atoms with Crippen molar-refractivity contribution in [3.8, 4) is 11.5 Å². The fourth-order valence-electron chi connectivity index (χ4n) is 5.91. The molecular weight excluding hydrogens is 542 g/mol. The van der Waals surface area contributed by atoms with Gasteiger partial charge in [0, 0.05) is 62.1 Å². The fourth-order valence-corrected chi connectivity index (χ4v) is 5.91. The molecule has 1 aliphatic carbocycles. The third kappa shape index (κ3) is 6.51. The normalized spacial score (nSPS) is 17.0. The van der Waals surface area contributed by atoms with Crippen LogP contribution in [0, 0.1) is 0 Å². The lowest BCUT2D eigenvalue weighted by Gasteiger charge is -2.42. The van der Waals surface area contributed by atoms with Gasteiger partial charge < -0.3 is 19.0 Å². The quantitative estimate of drug-likeness (QED) is 0.316. The average Bonchev–Trinajstić information content (AvgIpc) is 3.52. The van der Waals surface area contributed by atoms with Crippen LogP contribution < -0.4 is 4.90 Å². The van der Waals surface area contributed by atoms with Crippen molar-refractivity contribution in [3.05, 3.63) is 59.2 Å². The Morgan fingerprint density at radius 2 is 1.83 bits per heavy atom. The lowest BCUT2D eigenvalue weighted by atomic mass is 9.82. The first-order chi connectivity index (χ1) is 20.2. The molecule has 1 saturated carbocycles. The number of amides is 1. The molecular formula is C31H38F2N6O3. The van der Waals surface area contributed by atoms with Crippen LogP contribution in [0.2, 0.25) is 0 Å². The molecule has 3 heterocycles. The predicted molar refractivity (Wildman–Crippen MR) is 154 cm³/mol. The minimum absolute atomic E-state index is 0.0509. The number of aromatic nitrogens is 3. The van der Waals surface area contributed by atoms with E-state index in [2.05, 4.69) is 25.0 Å². The van der Waals surface area contributed by atoms with E-state index in [-0.39, 0.29) is 18.3 Å². The number of piperazine rings is 1. The number of hydrogen-bond donors (Lipinski definition) is 0. The van der Waals surface area contributed by atoms with E-state index in [0.29, 0.717) is 28.4 Å². The number of anilines is 1. The number of nitrogens with zero attached hydrogens (tertiary/aromatic N) is 6. The standard InChI is InChI=1S/C31H38F2N6O3/c1-31(2,20-40)26-17-24(39-15-13-38(14-16-39)23-7-5-4-6-8-23)11-12-25(26)30(41)37(3)19-22-10-9-21(18-34-22)28-35-36-29(42-28)27(32)33/h9-12,17-18,20,23,27H,4-8,13-16,19H2,1-3H3. The molecule has 1 amide bonds. The van der Waals surface area contributed by atoms with Crippen molar-refractivity contribution in [1.82, 2.24) is 25.0 Å². The molecule has 2 aromatic heterocycles. The summed E-state index contributed by atoms with van der Waals surface area (Å²) in [6.07, 6.45) is 6.07. The van der Waals surface area contributed by atoms with Crippen molar-refractivity contribution >= 4 is 17.9 Å². The van der Waals surface area contributed by atoms with E-state index >= 15 is 0 Å². The van der Waals surface area contributed by atoms with Crippen LogP contribution in [0.5, 0.6) is 0 Å². The first kappa shape index (κ1) is 29.8. The van der Waals surface area contributed by atoms with Crippen LogP contribution in [0.25, 0.3) is 11.5 Å². The first-order valence-corrected chi connectivity index (χ1v) is 14.6. The van der Waals surface area contributed by atoms with Gasteiger partial charge in [0.1, 0.15) is 6.29 Å². The molecule has 5 rings (SSSR count). The first-order valence-electron chi connectivity index (χ1n) is 14.6. The van der Waals surface area contributed by atoms with Crippen molar-refractivity contribution in [2.45, 2.75) is 70.4 Å². The highest BCUT2D eigenvalue weighted by Crippen LogP contribution is 2.32. The second-order valence-electron chi connectivity index (χ2n) is 11.8. The topological polar surface area (TPSA) is 95.7 Å². The number of halogens is 2. The molecule has 2 aliphatic rings. The molecule has 3 aromatic rings. The van der Waals surface area contributed by atoms with Gasteiger partial charge in [0.05, 0.1) is 17.8 Å². The van der Waals surface area contributed by atoms with E-state index in [1.165, 1.54) is 38.3 Å². The number of benzene rings is 1. The Morgan fingerprint density at radius 1 is 1.10 bits per heavy atom. The van der Waals surface area contributed by atoms with Gasteiger partial charge in [-0.3, -0.25) is 14.7 Å². The summed E-state index contributed by atoms with van der Waals surface area (Å²) in [5.74, 6) is -1.02. The highest BCUT2D eigenvalue weighted by molar-refractivity contribution is 5.97. The summed E-state index contributed by atoms with van der Waals surface area (Å²) < 4.78 is 30.5. The van der Waals surface area contributed by atoms with E-state index in [1.54, 1.807) is 24.1 Å². The summed E-state index contributed by atoms with van der Waals surface area (Å²) in [6, 6.07) is 9.81. The van der Waals surface area contributed by atoms with Gasteiger partial charge in [0.25, 0.3) is 11.8 Å². The Hall–Kier alpha value is -3.73. The fraction of sp³-hybridized carbons (Fsp3) is 0.516. The van der Waals surface area contributed by atoms with Crippen LogP contribution >= 0.6 is 0 Å². The zero-order valence-corrected chi connectivity index (χ0v) is 24.4. The smallest absolute Gasteiger partial charge is 0.314 e. The summed E-state index contributed by atoms with van der Waals surface area (Å²) in [5, 5.41) is 6.97. The Balaban J connectivity index is 1.28. The Kier molecular flexibility index (Phi) is 8.96. The van der Waals surface area contributed by atoms with Crippen molar-refractivity contribution in [2.75, 3.05) is 38.1 Å². The van der Waals surface area contributed by atoms with E-state index < -0.39 is 17.7 Å². The van der Waals surface area contributed by atoms with Gasteiger partial charge in [0.15, 0.2) is 0 Å². The number of hydrogen-bond acceptors (Lipinski definition) is 8. The van der Waals surface area contributed by atoms with Crippen LogP contribution in [0.4, 0.5) is 14.5 Å². The van der Waals surface area contributed by atoms with Crippen molar-refractivity contribution in [2.24, 2.45) is 0 Å². The molecule has 0 N–H and O–H groups in total. The maximum absolute atomic E-state index is 13.7. The second-order valence-corrected chi connectivity index (χ2v) is 11.8. The van der Waals surface area contributed by atoms with E-state index in [9.17, 15) is 18.4 Å². The number of carbonyl (C=O) groups excluding carboxylic acids is 2. The molecule has 0 bridgehead atoms. The van der Waals surface area contributed by atoms with Gasteiger partial charge in [-0.2, -0.15) is 8.78 Å². The lowest BCUT2D eigenvalue weighted by Crippen LogP contribution is -2.51. The molecule has 42 heavy (non-hydrogen) atoms. The molecule has 2 fully saturated rings. The average molecular weight is 581 g/mol. The van der Waals surface area contributed by atoms with Crippen LogP contribution in [0.3, 0.4) is 0 Å². The van der Waals surface area contributed by atoms with Crippen molar-refractivity contribution in [3.63, 3.8) is 0 Å². The summed E-state index contributed by atoms with van der Waals surface area (Å²) in [5.41, 5.74) is 2.32. The largest absolute Gasteiger partial charge is 0.415 e. The second kappa shape index (κ2) is 12.6. The molecule has 9 nitrogen and oxygen atoms in total. The van der Waals surface area contributed by atoms with Gasteiger partial charge in [0.2, 0.25) is 5.89 Å². The van der Waals surface area contributed by atoms with Crippen LogP contribution in [-0.4, -0.2) is 76.4 Å².